The highest BCUT2D eigenvalue weighted by Crippen LogP contribution is 2.32. The van der Waals surface area contributed by atoms with Crippen molar-refractivity contribution in [2.24, 2.45) is 0 Å². The van der Waals surface area contributed by atoms with Crippen LogP contribution in [-0.2, 0) is 16.0 Å². The molecule has 27 heavy (non-hydrogen) atoms. The van der Waals surface area contributed by atoms with Crippen molar-refractivity contribution in [3.63, 3.8) is 0 Å². The first-order valence-corrected chi connectivity index (χ1v) is 10.5. The molecule has 0 bridgehead atoms. The third kappa shape index (κ3) is 5.20. The van der Waals surface area contributed by atoms with Crippen LogP contribution in [0.4, 0.5) is 5.13 Å². The summed E-state index contributed by atoms with van der Waals surface area (Å²) in [6, 6.07) is 9.72. The fourth-order valence-corrected chi connectivity index (χ4v) is 4.08. The van der Waals surface area contributed by atoms with Crippen molar-refractivity contribution >= 4 is 34.1 Å². The summed E-state index contributed by atoms with van der Waals surface area (Å²) < 4.78 is 6.81. The maximum atomic E-state index is 12.4. The Morgan fingerprint density at radius 2 is 1.96 bits per heavy atom. The molecule has 0 fully saturated rings. The summed E-state index contributed by atoms with van der Waals surface area (Å²) in [7, 11) is 0. The molecule has 1 N–H and O–H groups in total. The number of amides is 1. The molecule has 3 aromatic rings. The summed E-state index contributed by atoms with van der Waals surface area (Å²) in [5.74, 6) is 1.92. The lowest BCUT2D eigenvalue weighted by molar-refractivity contribution is -0.117. The van der Waals surface area contributed by atoms with Crippen LogP contribution in [0, 0.1) is 0 Å². The Morgan fingerprint density at radius 1 is 1.22 bits per heavy atom. The molecular weight excluding hydrogens is 378 g/mol. The van der Waals surface area contributed by atoms with Crippen molar-refractivity contribution in [1.29, 1.82) is 0 Å². The predicted octanol–water partition coefficient (Wildman–Crippen LogP) is 5.46. The first kappa shape index (κ1) is 19.6. The van der Waals surface area contributed by atoms with E-state index in [9.17, 15) is 4.79 Å². The van der Waals surface area contributed by atoms with Crippen LogP contribution in [0.2, 0.25) is 0 Å². The molecule has 1 atom stereocenters. The molecule has 0 aliphatic heterocycles. The van der Waals surface area contributed by atoms with E-state index < -0.39 is 0 Å². The molecule has 3 rings (SSSR count). The highest BCUT2D eigenvalue weighted by molar-refractivity contribution is 8.00. The smallest absolute Gasteiger partial charge is 0.233 e. The van der Waals surface area contributed by atoms with Gasteiger partial charge < -0.3 is 9.73 Å². The number of nitrogens with one attached hydrogen (secondary N) is 1. The van der Waals surface area contributed by atoms with Gasteiger partial charge in [0.1, 0.15) is 5.76 Å². The summed E-state index contributed by atoms with van der Waals surface area (Å²) in [6.07, 6.45) is 3.56. The normalized spacial score (nSPS) is 12.7. The van der Waals surface area contributed by atoms with Crippen molar-refractivity contribution in [3.05, 3.63) is 59.9 Å². The Morgan fingerprint density at radius 3 is 2.63 bits per heavy atom. The van der Waals surface area contributed by atoms with Gasteiger partial charge in [0.2, 0.25) is 11.8 Å². The Balaban J connectivity index is 1.55. The molecule has 0 spiro atoms. The number of carbonyl (C=O) groups excluding carboxylic acids is 1. The molecule has 142 valence electrons. The molecule has 2 aromatic heterocycles. The maximum Gasteiger partial charge on any atom is 0.233 e. The molecule has 2 heterocycles. The van der Waals surface area contributed by atoms with E-state index in [1.807, 2.05) is 37.3 Å². The molecule has 0 saturated heterocycles. The third-order valence-corrected chi connectivity index (χ3v) is 6.13. The van der Waals surface area contributed by atoms with E-state index in [1.54, 1.807) is 24.2 Å². The van der Waals surface area contributed by atoms with Gasteiger partial charge in [0, 0.05) is 5.41 Å². The number of nitrogens with zero attached hydrogens (tertiary/aromatic N) is 2. The third-order valence-electron chi connectivity index (χ3n) is 4.04. The monoisotopic (exact) mass is 401 g/mol. The van der Waals surface area contributed by atoms with Gasteiger partial charge in [-0.05, 0) is 12.5 Å². The van der Waals surface area contributed by atoms with Gasteiger partial charge in [-0.1, -0.05) is 62.4 Å². The average molecular weight is 402 g/mol. The number of thiazole rings is 1. The summed E-state index contributed by atoms with van der Waals surface area (Å²) in [5.41, 5.74) is 0.938. The Labute approximate surface area is 167 Å². The first-order chi connectivity index (χ1) is 12.8. The summed E-state index contributed by atoms with van der Waals surface area (Å²) >= 11 is 3.05. The van der Waals surface area contributed by atoms with Gasteiger partial charge in [-0.2, -0.15) is 0 Å². The number of aromatic nitrogens is 2. The van der Waals surface area contributed by atoms with Gasteiger partial charge in [-0.3, -0.25) is 4.79 Å². The number of oxazole rings is 1. The number of thioether (sulfide) groups is 1. The molecule has 5 nitrogen and oxygen atoms in total. The van der Waals surface area contributed by atoms with Crippen LogP contribution in [0.15, 0.2) is 51.4 Å². The quantitative estimate of drug-likeness (QED) is 0.555. The zero-order valence-electron chi connectivity index (χ0n) is 15.9. The van der Waals surface area contributed by atoms with Crippen LogP contribution >= 0.6 is 23.1 Å². The first-order valence-electron chi connectivity index (χ1n) is 8.72. The molecule has 1 aromatic carbocycles. The molecule has 0 aliphatic carbocycles. The molecule has 7 heteroatoms. The van der Waals surface area contributed by atoms with Gasteiger partial charge in [-0.15, -0.1) is 11.8 Å². The van der Waals surface area contributed by atoms with E-state index in [4.69, 9.17) is 4.42 Å². The van der Waals surface area contributed by atoms with E-state index in [2.05, 4.69) is 36.1 Å². The summed E-state index contributed by atoms with van der Waals surface area (Å²) in [5, 5.41) is 3.50. The fraction of sp³-hybridized carbons (Fsp3) is 0.350. The van der Waals surface area contributed by atoms with Crippen molar-refractivity contribution in [2.45, 2.75) is 49.0 Å². The van der Waals surface area contributed by atoms with Gasteiger partial charge in [0.15, 0.2) is 5.13 Å². The maximum absolute atomic E-state index is 12.4. The van der Waals surface area contributed by atoms with Crippen LogP contribution in [0.5, 0.6) is 0 Å². The minimum atomic E-state index is -0.227. The largest absolute Gasteiger partial charge is 0.444 e. The van der Waals surface area contributed by atoms with Gasteiger partial charge in [0.05, 0.1) is 28.3 Å². The van der Waals surface area contributed by atoms with E-state index in [0.717, 1.165) is 15.5 Å². The van der Waals surface area contributed by atoms with Crippen molar-refractivity contribution < 1.29 is 9.21 Å². The molecule has 0 saturated carbocycles. The number of anilines is 1. The van der Waals surface area contributed by atoms with Gasteiger partial charge >= 0.3 is 0 Å². The van der Waals surface area contributed by atoms with E-state index in [-0.39, 0.29) is 17.2 Å². The number of benzene rings is 1. The zero-order valence-corrected chi connectivity index (χ0v) is 17.5. The topological polar surface area (TPSA) is 68.0 Å². The minimum Gasteiger partial charge on any atom is -0.444 e. The number of rotatable bonds is 6. The van der Waals surface area contributed by atoms with Crippen LogP contribution in [0.3, 0.4) is 0 Å². The number of hydrogen-bond donors (Lipinski definition) is 1. The standard InChI is InChI=1S/C20H23N3O2S2/c1-13(14-8-6-5-7-9-14)18(24)23-19-22-11-17(27-19)26-12-16-21-10-15(25-16)20(2,3)4/h5-11,13H,12H2,1-4H3,(H,22,23,24)/t13-/m1/s1. The lowest BCUT2D eigenvalue weighted by atomic mass is 9.94. The molecule has 1 amide bonds. The highest BCUT2D eigenvalue weighted by atomic mass is 32.2. The Kier molecular flexibility index (Phi) is 6.01. The predicted molar refractivity (Wildman–Crippen MR) is 110 cm³/mol. The SMILES string of the molecule is C[C@@H](C(=O)Nc1ncc(SCc2ncc(C(C)(C)C)o2)s1)c1ccccc1. The minimum absolute atomic E-state index is 0.0483. The van der Waals surface area contributed by atoms with E-state index >= 15 is 0 Å². The molecule has 0 radical (unpaired) electrons. The second-order valence-corrected chi connectivity index (χ2v) is 9.57. The second kappa shape index (κ2) is 8.27. The van der Waals surface area contributed by atoms with Crippen LogP contribution in [-0.4, -0.2) is 15.9 Å². The van der Waals surface area contributed by atoms with Crippen LogP contribution in [0.25, 0.3) is 0 Å². The number of hydrogen-bond acceptors (Lipinski definition) is 6. The molecule has 0 aliphatic rings. The van der Waals surface area contributed by atoms with Gasteiger partial charge in [0.25, 0.3) is 0 Å². The van der Waals surface area contributed by atoms with E-state index in [1.165, 1.54) is 11.3 Å². The highest BCUT2D eigenvalue weighted by Gasteiger charge is 2.20. The zero-order chi connectivity index (χ0) is 19.4. The lowest BCUT2D eigenvalue weighted by Gasteiger charge is -2.12. The number of carbonyl (C=O) groups is 1. The van der Waals surface area contributed by atoms with Gasteiger partial charge in [-0.25, -0.2) is 9.97 Å². The van der Waals surface area contributed by atoms with Crippen LogP contribution in [0.1, 0.15) is 50.8 Å². The Bertz CT molecular complexity index is 897. The fourth-order valence-electron chi connectivity index (χ4n) is 2.35. The second-order valence-electron chi connectivity index (χ2n) is 7.26. The summed E-state index contributed by atoms with van der Waals surface area (Å²) in [4.78, 5) is 21.1. The van der Waals surface area contributed by atoms with Crippen molar-refractivity contribution in [2.75, 3.05) is 5.32 Å². The summed E-state index contributed by atoms with van der Waals surface area (Å²) in [6.45, 7) is 8.18. The lowest BCUT2D eigenvalue weighted by Crippen LogP contribution is -2.18. The van der Waals surface area contributed by atoms with Crippen molar-refractivity contribution in [1.82, 2.24) is 9.97 Å². The van der Waals surface area contributed by atoms with E-state index in [0.29, 0.717) is 16.8 Å². The molecular formula is C20H23N3O2S2. The average Bonchev–Trinajstić information content (AvgIpc) is 3.29. The Hall–Kier alpha value is -2.12. The van der Waals surface area contributed by atoms with Crippen LogP contribution < -0.4 is 5.32 Å². The molecule has 0 unspecified atom stereocenters. The van der Waals surface area contributed by atoms with Crippen molar-refractivity contribution in [3.8, 4) is 0 Å².